The molecule has 1 aromatic carbocycles. The summed E-state index contributed by atoms with van der Waals surface area (Å²) in [5.74, 6) is 0.893. The quantitative estimate of drug-likeness (QED) is 0.852. The normalized spacial score (nSPS) is 18.0. The molecule has 1 fully saturated rings. The Morgan fingerprint density at radius 1 is 1.50 bits per heavy atom. The topological polar surface area (TPSA) is 67.6 Å². The number of rotatable bonds is 5. The highest BCUT2D eigenvalue weighted by Gasteiger charge is 2.24. The van der Waals surface area contributed by atoms with Crippen LogP contribution in [0.25, 0.3) is 0 Å². The number of anilines is 1. The van der Waals surface area contributed by atoms with Gasteiger partial charge in [-0.25, -0.2) is 0 Å². The average Bonchev–Trinajstić information content (AvgIpc) is 2.86. The van der Waals surface area contributed by atoms with Gasteiger partial charge in [0.05, 0.1) is 7.11 Å². The van der Waals surface area contributed by atoms with Gasteiger partial charge in [0.25, 0.3) is 0 Å². The summed E-state index contributed by atoms with van der Waals surface area (Å²) in [5, 5.41) is 3.05. The fourth-order valence-electron chi connectivity index (χ4n) is 2.50. The number of hydrogen-bond acceptors (Lipinski definition) is 4. The van der Waals surface area contributed by atoms with E-state index >= 15 is 0 Å². The molecule has 0 aromatic heterocycles. The molecule has 7 heteroatoms. The Morgan fingerprint density at radius 2 is 2.23 bits per heavy atom. The molecule has 0 radical (unpaired) electrons. The molecule has 3 N–H and O–H groups in total. The van der Waals surface area contributed by atoms with Crippen LogP contribution < -0.4 is 20.7 Å². The number of halogens is 2. The van der Waals surface area contributed by atoms with Crippen molar-refractivity contribution in [2.75, 3.05) is 25.1 Å². The third-order valence-corrected chi connectivity index (χ3v) is 3.48. The third-order valence-electron chi connectivity index (χ3n) is 3.48. The summed E-state index contributed by atoms with van der Waals surface area (Å²) < 4.78 is 5.24. The molecule has 1 aliphatic rings. The van der Waals surface area contributed by atoms with Gasteiger partial charge in [-0.05, 0) is 25.5 Å². The molecule has 1 saturated heterocycles. The Labute approximate surface area is 144 Å². The molecule has 22 heavy (non-hydrogen) atoms. The van der Waals surface area contributed by atoms with E-state index in [1.165, 1.54) is 0 Å². The van der Waals surface area contributed by atoms with Gasteiger partial charge >= 0.3 is 0 Å². The summed E-state index contributed by atoms with van der Waals surface area (Å²) in [4.78, 5) is 14.0. The molecule has 1 amide bonds. The summed E-state index contributed by atoms with van der Waals surface area (Å²) in [6.45, 7) is 3.62. The smallest absolute Gasteiger partial charge is 0.221 e. The number of hydrogen-bond donors (Lipinski definition) is 2. The van der Waals surface area contributed by atoms with Gasteiger partial charge in [-0.15, -0.1) is 24.8 Å². The average molecular weight is 350 g/mol. The van der Waals surface area contributed by atoms with Gasteiger partial charge in [-0.1, -0.05) is 6.07 Å². The SMILES string of the molecule is COc1cccc(N2CCC(NC(=O)CC(C)N)C2)c1.Cl.Cl. The van der Waals surface area contributed by atoms with E-state index in [-0.39, 0.29) is 42.8 Å². The zero-order chi connectivity index (χ0) is 14.5. The van der Waals surface area contributed by atoms with Crippen LogP contribution in [0.3, 0.4) is 0 Å². The van der Waals surface area contributed by atoms with E-state index in [0.29, 0.717) is 6.42 Å². The van der Waals surface area contributed by atoms with Gasteiger partial charge in [0, 0.05) is 43.3 Å². The van der Waals surface area contributed by atoms with E-state index in [9.17, 15) is 4.79 Å². The van der Waals surface area contributed by atoms with Crippen LogP contribution in [0.4, 0.5) is 5.69 Å². The Morgan fingerprint density at radius 3 is 2.86 bits per heavy atom. The standard InChI is InChI=1S/C15H23N3O2.2ClH/c1-11(16)8-15(19)17-12-6-7-18(10-12)13-4-3-5-14(9-13)20-2;;/h3-5,9,11-12H,6-8,10,16H2,1-2H3,(H,17,19);2*1H. The third kappa shape index (κ3) is 5.91. The highest BCUT2D eigenvalue weighted by atomic mass is 35.5. The number of nitrogens with two attached hydrogens (primary N) is 1. The lowest BCUT2D eigenvalue weighted by Crippen LogP contribution is -2.39. The molecule has 0 aliphatic carbocycles. The maximum atomic E-state index is 11.7. The van der Waals surface area contributed by atoms with Crippen LogP contribution in [0.5, 0.6) is 5.75 Å². The minimum absolute atomic E-state index is 0. The molecule has 2 unspecified atom stereocenters. The first-order valence-corrected chi connectivity index (χ1v) is 7.02. The van der Waals surface area contributed by atoms with E-state index in [1.54, 1.807) is 7.11 Å². The first-order valence-electron chi connectivity index (χ1n) is 7.02. The van der Waals surface area contributed by atoms with Crippen LogP contribution in [-0.4, -0.2) is 38.2 Å². The molecular weight excluding hydrogens is 325 g/mol. The van der Waals surface area contributed by atoms with E-state index in [0.717, 1.165) is 30.9 Å². The predicted octanol–water partition coefficient (Wildman–Crippen LogP) is 1.97. The molecule has 2 atom stereocenters. The Kier molecular flexibility index (Phi) is 9.25. The second kappa shape index (κ2) is 9.77. The van der Waals surface area contributed by atoms with Crippen molar-refractivity contribution in [3.8, 4) is 5.75 Å². The zero-order valence-electron chi connectivity index (χ0n) is 13.0. The Hall–Kier alpha value is -1.17. The molecule has 126 valence electrons. The largest absolute Gasteiger partial charge is 0.497 e. The Bertz CT molecular complexity index is 472. The molecule has 0 bridgehead atoms. The fraction of sp³-hybridized carbons (Fsp3) is 0.533. The number of methoxy groups -OCH3 is 1. The minimum Gasteiger partial charge on any atom is -0.497 e. The van der Waals surface area contributed by atoms with E-state index < -0.39 is 0 Å². The van der Waals surface area contributed by atoms with Gasteiger partial charge < -0.3 is 20.7 Å². The van der Waals surface area contributed by atoms with Crippen LogP contribution in [0.1, 0.15) is 19.8 Å². The highest BCUT2D eigenvalue weighted by molar-refractivity contribution is 5.85. The molecule has 0 spiro atoms. The lowest BCUT2D eigenvalue weighted by molar-refractivity contribution is -0.121. The van der Waals surface area contributed by atoms with Crippen LogP contribution >= 0.6 is 24.8 Å². The number of nitrogens with zero attached hydrogens (tertiary/aromatic N) is 1. The minimum atomic E-state index is -0.0918. The molecular formula is C15H25Cl2N3O2. The van der Waals surface area contributed by atoms with Crippen LogP contribution in [-0.2, 0) is 4.79 Å². The van der Waals surface area contributed by atoms with Crippen molar-refractivity contribution in [3.63, 3.8) is 0 Å². The monoisotopic (exact) mass is 349 g/mol. The number of carbonyl (C=O) groups excluding carboxylic acids is 1. The van der Waals surface area contributed by atoms with Crippen molar-refractivity contribution in [2.45, 2.75) is 31.8 Å². The first kappa shape index (κ1) is 20.8. The number of carbonyl (C=O) groups is 1. The number of ether oxygens (including phenoxy) is 1. The summed E-state index contributed by atoms with van der Waals surface area (Å²) >= 11 is 0. The molecule has 2 rings (SSSR count). The summed E-state index contributed by atoms with van der Waals surface area (Å²) in [7, 11) is 1.67. The molecule has 1 aliphatic heterocycles. The van der Waals surface area contributed by atoms with Crippen molar-refractivity contribution < 1.29 is 9.53 Å². The maximum Gasteiger partial charge on any atom is 0.221 e. The van der Waals surface area contributed by atoms with Gasteiger partial charge in [0.2, 0.25) is 5.91 Å². The van der Waals surface area contributed by atoms with E-state index in [2.05, 4.69) is 16.3 Å². The maximum absolute atomic E-state index is 11.7. The van der Waals surface area contributed by atoms with Crippen molar-refractivity contribution in [1.82, 2.24) is 5.32 Å². The van der Waals surface area contributed by atoms with Crippen molar-refractivity contribution in [2.24, 2.45) is 5.73 Å². The van der Waals surface area contributed by atoms with Gasteiger partial charge in [0.15, 0.2) is 0 Å². The van der Waals surface area contributed by atoms with Crippen molar-refractivity contribution in [1.29, 1.82) is 0 Å². The summed E-state index contributed by atoms with van der Waals surface area (Å²) in [6.07, 6.45) is 1.34. The highest BCUT2D eigenvalue weighted by Crippen LogP contribution is 2.24. The Balaban J connectivity index is 0.00000220. The molecule has 5 nitrogen and oxygen atoms in total. The molecule has 1 aromatic rings. The molecule has 0 saturated carbocycles. The summed E-state index contributed by atoms with van der Waals surface area (Å²) in [5.41, 5.74) is 6.77. The lowest BCUT2D eigenvalue weighted by atomic mass is 10.2. The van der Waals surface area contributed by atoms with Gasteiger partial charge in [0.1, 0.15) is 5.75 Å². The van der Waals surface area contributed by atoms with Crippen LogP contribution in [0.2, 0.25) is 0 Å². The predicted molar refractivity (Wildman–Crippen MR) is 94.5 cm³/mol. The lowest BCUT2D eigenvalue weighted by Gasteiger charge is -2.20. The molecule has 1 heterocycles. The summed E-state index contributed by atoms with van der Waals surface area (Å²) in [6, 6.07) is 8.11. The van der Waals surface area contributed by atoms with Crippen molar-refractivity contribution >= 4 is 36.4 Å². The van der Waals surface area contributed by atoms with Crippen LogP contribution in [0, 0.1) is 0 Å². The van der Waals surface area contributed by atoms with Crippen LogP contribution in [0.15, 0.2) is 24.3 Å². The van der Waals surface area contributed by atoms with E-state index in [4.69, 9.17) is 10.5 Å². The van der Waals surface area contributed by atoms with E-state index in [1.807, 2.05) is 25.1 Å². The van der Waals surface area contributed by atoms with Gasteiger partial charge in [-0.2, -0.15) is 0 Å². The second-order valence-corrected chi connectivity index (χ2v) is 5.38. The second-order valence-electron chi connectivity index (χ2n) is 5.38. The zero-order valence-corrected chi connectivity index (χ0v) is 14.6. The number of benzene rings is 1. The van der Waals surface area contributed by atoms with Gasteiger partial charge in [-0.3, -0.25) is 4.79 Å². The van der Waals surface area contributed by atoms with Crippen molar-refractivity contribution in [3.05, 3.63) is 24.3 Å². The number of amides is 1. The first-order chi connectivity index (χ1) is 9.58. The number of nitrogens with one attached hydrogen (secondary N) is 1. The fourth-order valence-corrected chi connectivity index (χ4v) is 2.50.